The van der Waals surface area contributed by atoms with Gasteiger partial charge in [0.15, 0.2) is 0 Å². The number of likely N-dealkylation sites (tertiary alicyclic amines) is 1. The van der Waals surface area contributed by atoms with E-state index in [2.05, 4.69) is 21.3 Å². The highest BCUT2D eigenvalue weighted by Crippen LogP contribution is 2.31. The van der Waals surface area contributed by atoms with Crippen LogP contribution >= 0.6 is 0 Å². The molecule has 5 atom stereocenters. The van der Waals surface area contributed by atoms with Crippen LogP contribution in [0.15, 0.2) is 36.4 Å². The predicted molar refractivity (Wildman–Crippen MR) is 210 cm³/mol. The Morgan fingerprint density at radius 3 is 2.10 bits per heavy atom. The van der Waals surface area contributed by atoms with Crippen molar-refractivity contribution in [3.63, 3.8) is 0 Å². The summed E-state index contributed by atoms with van der Waals surface area (Å²) in [5, 5.41) is 9.94. The first kappa shape index (κ1) is 45.5. The SMILES string of the molecule is CCCC(NC(=O)[C@@H]1C[C@@H](OC(C)(C)C)CN1C(=O)[C@@H](NC(=O)c1c(F)cccc1F)C1CCCCC1)C(=O)C(=O)NCC(=O)NC(C(N)=O)c1cc(C)cc(C)c1. The van der Waals surface area contributed by atoms with Crippen LogP contribution in [0.25, 0.3) is 0 Å². The van der Waals surface area contributed by atoms with Gasteiger partial charge < -0.3 is 36.6 Å². The standard InChI is InChI=1S/C42H56F2N6O8/c1-7-12-30(36(52)40(56)46-21-32(51)48-34(37(45)53)26-18-23(2)17-24(3)19-26)47-38(54)31-20-27(58-42(4,5)6)22-50(31)41(57)35(25-13-9-8-10-14-25)49-39(55)33-28(43)15-11-16-29(33)44/h11,15-19,25,27,30-31,34-35H,7-10,12-14,20-22H2,1-6H3,(H2,45,53)(H,46,56)(H,47,54)(H,48,51)(H,49,55)/t27-,30?,31+,34?,35+/m1/s1. The first-order chi connectivity index (χ1) is 27.3. The number of Topliss-reactive ketones (excluding diaryl/α,β-unsaturated/α-hetero) is 1. The Morgan fingerprint density at radius 2 is 1.53 bits per heavy atom. The summed E-state index contributed by atoms with van der Waals surface area (Å²) < 4.78 is 35.5. The maximum absolute atomic E-state index is 14.7. The van der Waals surface area contributed by atoms with Crippen molar-refractivity contribution in [3.05, 3.63) is 70.3 Å². The van der Waals surface area contributed by atoms with Crippen LogP contribution in [0.2, 0.25) is 0 Å². The molecule has 2 aromatic carbocycles. The number of halogens is 2. The van der Waals surface area contributed by atoms with Crippen molar-refractivity contribution in [2.75, 3.05) is 13.1 Å². The summed E-state index contributed by atoms with van der Waals surface area (Å²) in [5.41, 5.74) is 6.19. The molecule has 16 heteroatoms. The van der Waals surface area contributed by atoms with Gasteiger partial charge >= 0.3 is 0 Å². The summed E-state index contributed by atoms with van der Waals surface area (Å²) in [4.78, 5) is 94.9. The molecule has 2 aromatic rings. The van der Waals surface area contributed by atoms with Gasteiger partial charge in [-0.25, -0.2) is 8.78 Å². The third kappa shape index (κ3) is 12.1. The minimum Gasteiger partial charge on any atom is -0.371 e. The molecule has 0 aromatic heterocycles. The summed E-state index contributed by atoms with van der Waals surface area (Å²) in [5.74, 6) is -8.89. The second-order valence-corrected chi connectivity index (χ2v) is 16.3. The first-order valence-electron chi connectivity index (χ1n) is 19.8. The Hall–Kier alpha value is -5.25. The number of carbonyl (C=O) groups excluding carboxylic acids is 7. The number of benzene rings is 2. The molecule has 1 saturated carbocycles. The van der Waals surface area contributed by atoms with Crippen molar-refractivity contribution in [2.45, 2.75) is 129 Å². The van der Waals surface area contributed by atoms with Crippen LogP contribution in [0.4, 0.5) is 8.78 Å². The summed E-state index contributed by atoms with van der Waals surface area (Å²) in [6, 6.07) is 3.31. The average Bonchev–Trinajstić information content (AvgIpc) is 3.56. The Kier molecular flexibility index (Phi) is 15.6. The molecule has 0 spiro atoms. The lowest BCUT2D eigenvalue weighted by Crippen LogP contribution is -2.58. The lowest BCUT2D eigenvalue weighted by molar-refractivity contribution is -0.143. The topological polar surface area (TPSA) is 206 Å². The molecule has 2 aliphatic rings. The zero-order valence-corrected chi connectivity index (χ0v) is 34.0. The van der Waals surface area contributed by atoms with Crippen molar-refractivity contribution >= 4 is 41.2 Å². The van der Waals surface area contributed by atoms with E-state index < -0.39 is 101 Å². The van der Waals surface area contributed by atoms with Gasteiger partial charge in [0.25, 0.3) is 11.8 Å². The minimum atomic E-state index is -1.34. The number of rotatable bonds is 16. The fourth-order valence-corrected chi connectivity index (χ4v) is 7.77. The zero-order valence-electron chi connectivity index (χ0n) is 34.0. The summed E-state index contributed by atoms with van der Waals surface area (Å²) in [6.07, 6.45) is 3.34. The van der Waals surface area contributed by atoms with Gasteiger partial charge in [-0.2, -0.15) is 0 Å². The molecule has 2 fully saturated rings. The molecule has 316 valence electrons. The van der Waals surface area contributed by atoms with E-state index in [0.29, 0.717) is 24.8 Å². The molecule has 6 amide bonds. The number of aryl methyl sites for hydroxylation is 2. The summed E-state index contributed by atoms with van der Waals surface area (Å²) >= 11 is 0. The molecule has 0 bridgehead atoms. The highest BCUT2D eigenvalue weighted by Gasteiger charge is 2.46. The maximum Gasteiger partial charge on any atom is 0.290 e. The van der Waals surface area contributed by atoms with E-state index in [1.807, 2.05) is 40.7 Å². The van der Waals surface area contributed by atoms with Crippen molar-refractivity contribution < 1.29 is 47.1 Å². The second kappa shape index (κ2) is 19.9. The summed E-state index contributed by atoms with van der Waals surface area (Å²) in [7, 11) is 0. The van der Waals surface area contributed by atoms with Crippen molar-refractivity contribution in [1.29, 1.82) is 0 Å². The molecule has 1 heterocycles. The molecule has 6 N–H and O–H groups in total. The highest BCUT2D eigenvalue weighted by atomic mass is 19.1. The molecule has 2 unspecified atom stereocenters. The number of ketones is 1. The quantitative estimate of drug-likeness (QED) is 0.159. The number of hydrogen-bond acceptors (Lipinski definition) is 8. The van der Waals surface area contributed by atoms with E-state index in [1.165, 1.54) is 4.90 Å². The van der Waals surface area contributed by atoms with Crippen LogP contribution in [0.3, 0.4) is 0 Å². The van der Waals surface area contributed by atoms with E-state index in [-0.39, 0.29) is 25.3 Å². The van der Waals surface area contributed by atoms with Gasteiger partial charge in [0.1, 0.15) is 35.3 Å². The maximum atomic E-state index is 14.7. The average molecular weight is 811 g/mol. The lowest BCUT2D eigenvalue weighted by atomic mass is 9.83. The van der Waals surface area contributed by atoms with Gasteiger partial charge in [-0.3, -0.25) is 33.6 Å². The Labute approximate surface area is 337 Å². The van der Waals surface area contributed by atoms with Crippen LogP contribution < -0.4 is 27.0 Å². The molecule has 58 heavy (non-hydrogen) atoms. The number of nitrogens with two attached hydrogens (primary N) is 1. The van der Waals surface area contributed by atoms with Crippen LogP contribution in [0.1, 0.15) is 112 Å². The van der Waals surface area contributed by atoms with Crippen LogP contribution in [0, 0.1) is 31.4 Å². The highest BCUT2D eigenvalue weighted by molar-refractivity contribution is 6.38. The Balaban J connectivity index is 1.51. The van der Waals surface area contributed by atoms with Crippen molar-refractivity contribution in [2.24, 2.45) is 11.7 Å². The van der Waals surface area contributed by atoms with E-state index in [9.17, 15) is 42.3 Å². The van der Waals surface area contributed by atoms with Gasteiger partial charge in [0.05, 0.1) is 24.3 Å². The van der Waals surface area contributed by atoms with Gasteiger partial charge in [-0.05, 0) is 77.5 Å². The number of ether oxygens (including phenoxy) is 1. The monoisotopic (exact) mass is 810 g/mol. The van der Waals surface area contributed by atoms with Crippen molar-refractivity contribution in [1.82, 2.24) is 26.2 Å². The minimum absolute atomic E-state index is 0.0169. The van der Waals surface area contributed by atoms with E-state index in [1.54, 1.807) is 19.1 Å². The molecule has 1 aliphatic carbocycles. The Morgan fingerprint density at radius 1 is 0.914 bits per heavy atom. The van der Waals surface area contributed by atoms with Crippen LogP contribution in [-0.2, 0) is 33.5 Å². The third-order valence-corrected chi connectivity index (χ3v) is 10.2. The number of carbonyl (C=O) groups is 7. The Bertz CT molecular complexity index is 1840. The zero-order chi connectivity index (χ0) is 42.9. The van der Waals surface area contributed by atoms with Gasteiger partial charge in [-0.15, -0.1) is 0 Å². The van der Waals surface area contributed by atoms with Gasteiger partial charge in [-0.1, -0.05) is 68.0 Å². The fourth-order valence-electron chi connectivity index (χ4n) is 7.77. The molecule has 4 rings (SSSR count). The summed E-state index contributed by atoms with van der Waals surface area (Å²) in [6.45, 7) is 10.1. The van der Waals surface area contributed by atoms with Gasteiger partial charge in [0.2, 0.25) is 29.4 Å². The second-order valence-electron chi connectivity index (χ2n) is 16.3. The number of amides is 6. The lowest BCUT2D eigenvalue weighted by Gasteiger charge is -2.35. The smallest absolute Gasteiger partial charge is 0.290 e. The van der Waals surface area contributed by atoms with E-state index in [4.69, 9.17) is 10.5 Å². The molecule has 14 nitrogen and oxygen atoms in total. The number of nitrogens with zero attached hydrogens (tertiary/aromatic N) is 1. The van der Waals surface area contributed by atoms with E-state index >= 15 is 0 Å². The third-order valence-electron chi connectivity index (χ3n) is 10.2. The largest absolute Gasteiger partial charge is 0.371 e. The molecular formula is C42H56F2N6O8. The molecule has 1 saturated heterocycles. The predicted octanol–water partition coefficient (Wildman–Crippen LogP) is 3.36. The van der Waals surface area contributed by atoms with E-state index in [0.717, 1.165) is 48.6 Å². The molecule has 0 radical (unpaired) electrons. The normalized spacial score (nSPS) is 18.7. The molecular weight excluding hydrogens is 754 g/mol. The number of hydrogen-bond donors (Lipinski definition) is 5. The number of primary amides is 1. The molecule has 1 aliphatic heterocycles. The first-order valence-corrected chi connectivity index (χ1v) is 19.8. The van der Waals surface area contributed by atoms with Crippen LogP contribution in [-0.4, -0.2) is 89.0 Å². The number of nitrogens with one attached hydrogen (secondary N) is 4. The fraction of sp³-hybridized carbons (Fsp3) is 0.548. The van der Waals surface area contributed by atoms with Crippen LogP contribution in [0.5, 0.6) is 0 Å². The van der Waals surface area contributed by atoms with Gasteiger partial charge in [0, 0.05) is 13.0 Å². The van der Waals surface area contributed by atoms with Crippen molar-refractivity contribution in [3.8, 4) is 0 Å².